The number of phenolic OH excluding ortho intramolecular Hbond substituents is 1. The molecule has 1 saturated heterocycles. The average Bonchev–Trinajstić information content (AvgIpc) is 3.12. The number of likely N-dealkylation sites (N-methyl/N-ethyl adjacent to an activating group) is 1. The number of aromatic hydroxyl groups is 1. The maximum Gasteiger partial charge on any atom is 0.202 e. The van der Waals surface area contributed by atoms with Crippen molar-refractivity contribution in [3.8, 4) is 16.3 Å². The summed E-state index contributed by atoms with van der Waals surface area (Å²) < 4.78 is 5.93. The molecule has 0 bridgehead atoms. The first-order chi connectivity index (χ1) is 13.5. The van der Waals surface area contributed by atoms with Crippen molar-refractivity contribution < 1.29 is 9.52 Å². The number of thiazole rings is 1. The number of aryl methyl sites for hydroxylation is 2. The molecule has 1 aromatic carbocycles. The smallest absolute Gasteiger partial charge is 0.202 e. The molecular formula is C21H25N3O3S. The van der Waals surface area contributed by atoms with Gasteiger partial charge in [-0.25, -0.2) is 4.98 Å². The lowest BCUT2D eigenvalue weighted by atomic mass is 10.0. The Bertz CT molecular complexity index is 1060. The lowest BCUT2D eigenvalue weighted by Crippen LogP contribution is -2.43. The highest BCUT2D eigenvalue weighted by Gasteiger charge is 2.22. The predicted octanol–water partition coefficient (Wildman–Crippen LogP) is 3.24. The SMILES string of the molecule is CCc1cc2c(=O)c(-c3nc(C)cs3)coc2c(CN2CCN(C)CC2)c1O. The van der Waals surface area contributed by atoms with Gasteiger partial charge in [0.2, 0.25) is 5.43 Å². The largest absolute Gasteiger partial charge is 0.507 e. The van der Waals surface area contributed by atoms with Gasteiger partial charge in [-0.2, -0.15) is 0 Å². The predicted molar refractivity (Wildman–Crippen MR) is 112 cm³/mol. The maximum absolute atomic E-state index is 13.2. The zero-order valence-corrected chi connectivity index (χ0v) is 17.3. The van der Waals surface area contributed by atoms with Gasteiger partial charge in [-0.05, 0) is 32.0 Å². The summed E-state index contributed by atoms with van der Waals surface area (Å²) in [6, 6.07) is 1.77. The van der Waals surface area contributed by atoms with Gasteiger partial charge >= 0.3 is 0 Å². The van der Waals surface area contributed by atoms with Crippen molar-refractivity contribution in [3.05, 3.63) is 44.8 Å². The minimum Gasteiger partial charge on any atom is -0.507 e. The van der Waals surface area contributed by atoms with Crippen LogP contribution in [0.2, 0.25) is 0 Å². The molecule has 2 aromatic heterocycles. The van der Waals surface area contributed by atoms with Crippen molar-refractivity contribution >= 4 is 22.3 Å². The lowest BCUT2D eigenvalue weighted by molar-refractivity contribution is 0.147. The summed E-state index contributed by atoms with van der Waals surface area (Å²) in [7, 11) is 2.11. The van der Waals surface area contributed by atoms with Gasteiger partial charge in [0.1, 0.15) is 22.6 Å². The summed E-state index contributed by atoms with van der Waals surface area (Å²) in [6.45, 7) is 8.29. The molecule has 28 heavy (non-hydrogen) atoms. The third-order valence-electron chi connectivity index (χ3n) is 5.42. The monoisotopic (exact) mass is 399 g/mol. The fourth-order valence-corrected chi connectivity index (χ4v) is 4.46. The van der Waals surface area contributed by atoms with E-state index in [-0.39, 0.29) is 11.2 Å². The minimum atomic E-state index is -0.0927. The first-order valence-electron chi connectivity index (χ1n) is 9.60. The minimum absolute atomic E-state index is 0.0927. The molecule has 0 atom stereocenters. The molecule has 0 aliphatic carbocycles. The van der Waals surface area contributed by atoms with Gasteiger partial charge in [-0.3, -0.25) is 9.69 Å². The Morgan fingerprint density at radius 3 is 2.68 bits per heavy atom. The van der Waals surface area contributed by atoms with Crippen molar-refractivity contribution in [1.29, 1.82) is 0 Å². The summed E-state index contributed by atoms with van der Waals surface area (Å²) in [4.78, 5) is 22.2. The van der Waals surface area contributed by atoms with Crippen LogP contribution in [0.1, 0.15) is 23.7 Å². The van der Waals surface area contributed by atoms with Crippen LogP contribution < -0.4 is 5.43 Å². The molecule has 0 unspecified atom stereocenters. The van der Waals surface area contributed by atoms with Crippen LogP contribution in [0.3, 0.4) is 0 Å². The van der Waals surface area contributed by atoms with Gasteiger partial charge in [0.05, 0.1) is 16.5 Å². The number of hydrogen-bond donors (Lipinski definition) is 1. The Balaban J connectivity index is 1.83. The Morgan fingerprint density at radius 2 is 2.04 bits per heavy atom. The molecule has 7 heteroatoms. The second-order valence-electron chi connectivity index (χ2n) is 7.45. The highest BCUT2D eigenvalue weighted by Crippen LogP contribution is 2.33. The highest BCUT2D eigenvalue weighted by molar-refractivity contribution is 7.13. The van der Waals surface area contributed by atoms with Crippen molar-refractivity contribution in [1.82, 2.24) is 14.8 Å². The molecule has 0 amide bonds. The van der Waals surface area contributed by atoms with Crippen molar-refractivity contribution in [2.45, 2.75) is 26.8 Å². The van der Waals surface area contributed by atoms with Gasteiger partial charge in [-0.15, -0.1) is 11.3 Å². The second-order valence-corrected chi connectivity index (χ2v) is 8.30. The molecule has 1 aliphatic rings. The molecule has 3 aromatic rings. The molecule has 148 valence electrons. The summed E-state index contributed by atoms with van der Waals surface area (Å²) >= 11 is 1.44. The maximum atomic E-state index is 13.2. The van der Waals surface area contributed by atoms with E-state index < -0.39 is 0 Å². The quantitative estimate of drug-likeness (QED) is 0.726. The highest BCUT2D eigenvalue weighted by atomic mass is 32.1. The van der Waals surface area contributed by atoms with E-state index in [4.69, 9.17) is 4.42 Å². The normalized spacial score (nSPS) is 16.1. The van der Waals surface area contributed by atoms with Crippen LogP contribution in [0.4, 0.5) is 0 Å². The first kappa shape index (κ1) is 19.1. The van der Waals surface area contributed by atoms with Gasteiger partial charge in [0.25, 0.3) is 0 Å². The van der Waals surface area contributed by atoms with Crippen LogP contribution in [0.15, 0.2) is 26.9 Å². The molecule has 3 heterocycles. The van der Waals surface area contributed by atoms with Gasteiger partial charge in [0.15, 0.2) is 0 Å². The Kier molecular flexibility index (Phi) is 5.23. The molecule has 1 fully saturated rings. The third kappa shape index (κ3) is 3.45. The first-order valence-corrected chi connectivity index (χ1v) is 10.5. The fourth-order valence-electron chi connectivity index (χ4n) is 3.66. The summed E-state index contributed by atoms with van der Waals surface area (Å²) in [5.41, 5.74) is 3.23. The number of fused-ring (bicyclic) bond motifs is 1. The van der Waals surface area contributed by atoms with E-state index in [9.17, 15) is 9.90 Å². The van der Waals surface area contributed by atoms with Gasteiger partial charge in [-0.1, -0.05) is 6.92 Å². The van der Waals surface area contributed by atoms with Crippen molar-refractivity contribution in [2.75, 3.05) is 33.2 Å². The molecular weight excluding hydrogens is 374 g/mol. The number of rotatable bonds is 4. The standard InChI is InChI=1S/C21H25N3O3S/c1-4-14-9-15-19(26)17(21-22-13(2)12-28-21)11-27-20(15)16(18(14)25)10-24-7-5-23(3)6-8-24/h9,11-12,25H,4-8,10H2,1-3H3. The van der Waals surface area contributed by atoms with E-state index in [0.29, 0.717) is 40.1 Å². The fraction of sp³-hybridized carbons (Fsp3) is 0.429. The van der Waals surface area contributed by atoms with E-state index in [1.165, 1.54) is 17.6 Å². The number of benzene rings is 1. The van der Waals surface area contributed by atoms with Gasteiger partial charge < -0.3 is 14.4 Å². The van der Waals surface area contributed by atoms with Crippen LogP contribution in [-0.2, 0) is 13.0 Å². The number of hydrogen-bond acceptors (Lipinski definition) is 7. The topological polar surface area (TPSA) is 69.8 Å². The Labute approximate surface area is 168 Å². The molecule has 6 nitrogen and oxygen atoms in total. The number of aromatic nitrogens is 1. The van der Waals surface area contributed by atoms with Crippen LogP contribution in [-0.4, -0.2) is 53.1 Å². The van der Waals surface area contributed by atoms with Crippen molar-refractivity contribution in [2.24, 2.45) is 0 Å². The second kappa shape index (κ2) is 7.66. The van der Waals surface area contributed by atoms with E-state index in [1.54, 1.807) is 6.07 Å². The zero-order valence-electron chi connectivity index (χ0n) is 16.5. The van der Waals surface area contributed by atoms with E-state index in [2.05, 4.69) is 21.8 Å². The molecule has 4 rings (SSSR count). The number of nitrogens with zero attached hydrogens (tertiary/aromatic N) is 3. The lowest BCUT2D eigenvalue weighted by Gasteiger charge is -2.32. The summed E-state index contributed by atoms with van der Waals surface area (Å²) in [6.07, 6.45) is 2.14. The molecule has 1 aliphatic heterocycles. The molecule has 0 saturated carbocycles. The number of phenols is 1. The van der Waals surface area contributed by atoms with Crippen LogP contribution in [0.25, 0.3) is 21.5 Å². The zero-order chi connectivity index (χ0) is 19.8. The molecule has 1 N–H and O–H groups in total. The van der Waals surface area contributed by atoms with E-state index in [0.717, 1.165) is 37.4 Å². The summed E-state index contributed by atoms with van der Waals surface area (Å²) in [5, 5.41) is 13.9. The Hall–Kier alpha value is -2.22. The van der Waals surface area contributed by atoms with E-state index in [1.807, 2.05) is 19.2 Å². The van der Waals surface area contributed by atoms with Crippen LogP contribution >= 0.6 is 11.3 Å². The molecule has 0 radical (unpaired) electrons. The Morgan fingerprint density at radius 1 is 1.29 bits per heavy atom. The average molecular weight is 400 g/mol. The van der Waals surface area contributed by atoms with Crippen LogP contribution in [0.5, 0.6) is 5.75 Å². The summed E-state index contributed by atoms with van der Waals surface area (Å²) in [5.74, 6) is 0.245. The van der Waals surface area contributed by atoms with Gasteiger partial charge in [0, 0.05) is 43.8 Å². The van der Waals surface area contributed by atoms with E-state index >= 15 is 0 Å². The third-order valence-corrected chi connectivity index (χ3v) is 6.41. The van der Waals surface area contributed by atoms with Crippen molar-refractivity contribution in [3.63, 3.8) is 0 Å². The molecule has 0 spiro atoms. The van der Waals surface area contributed by atoms with Crippen LogP contribution in [0, 0.1) is 6.92 Å². The number of piperazine rings is 1.